The normalized spacial score (nSPS) is 24.0. The number of imide groups is 1. The lowest BCUT2D eigenvalue weighted by molar-refractivity contribution is -0.115. The Morgan fingerprint density at radius 1 is 1.33 bits per heavy atom. The van der Waals surface area contributed by atoms with E-state index in [1.165, 1.54) is 12.1 Å². The fraction of sp³-hybridized carbons (Fsp3) is 0.444. The van der Waals surface area contributed by atoms with Crippen LogP contribution in [0.15, 0.2) is 17.8 Å². The molecule has 2 aliphatic rings. The van der Waals surface area contributed by atoms with Crippen LogP contribution in [0.25, 0.3) is 6.08 Å². The minimum absolute atomic E-state index is 0.0348. The summed E-state index contributed by atoms with van der Waals surface area (Å²) in [5.74, 6) is -0.664. The van der Waals surface area contributed by atoms with E-state index in [2.05, 4.69) is 43.2 Å². The molecule has 0 radical (unpaired) electrons. The van der Waals surface area contributed by atoms with Crippen LogP contribution in [0.3, 0.4) is 0 Å². The summed E-state index contributed by atoms with van der Waals surface area (Å²) >= 11 is 0. The number of carbonyl (C=O) groups excluding carboxylic acids is 2. The van der Waals surface area contributed by atoms with Crippen molar-refractivity contribution in [3.63, 3.8) is 0 Å². The van der Waals surface area contributed by atoms with Crippen molar-refractivity contribution in [3.8, 4) is 0 Å². The number of urea groups is 1. The Morgan fingerprint density at radius 3 is 2.62 bits per heavy atom. The van der Waals surface area contributed by atoms with Gasteiger partial charge in [-0.25, -0.2) is 9.18 Å². The van der Waals surface area contributed by atoms with Crippen molar-refractivity contribution in [2.45, 2.75) is 45.6 Å². The van der Waals surface area contributed by atoms with E-state index in [1.54, 1.807) is 6.07 Å². The maximum atomic E-state index is 14.6. The quantitative estimate of drug-likeness (QED) is 0.646. The van der Waals surface area contributed by atoms with Crippen LogP contribution in [0.2, 0.25) is 0 Å². The Kier molecular flexibility index (Phi) is 3.86. The van der Waals surface area contributed by atoms with Gasteiger partial charge in [0.15, 0.2) is 0 Å². The standard InChI is InChI=1S/C18H22FN3O2/c1-5-22-15-8-13(19)11(7-14-16(23)21-17(24)20-14)6-12(15)10(2)9-18(22,3)4/h6-8,10H,5,9H2,1-4H3,(H2,20,21,23,24)/b14-7-. The highest BCUT2D eigenvalue weighted by Crippen LogP contribution is 2.44. The molecule has 5 nitrogen and oxygen atoms in total. The Morgan fingerprint density at radius 2 is 2.04 bits per heavy atom. The highest BCUT2D eigenvalue weighted by Gasteiger charge is 2.36. The molecule has 3 amide bonds. The molecule has 1 saturated heterocycles. The van der Waals surface area contributed by atoms with Gasteiger partial charge in [-0.3, -0.25) is 10.1 Å². The maximum absolute atomic E-state index is 14.6. The Labute approximate surface area is 140 Å². The first kappa shape index (κ1) is 16.5. The molecule has 0 saturated carbocycles. The average molecular weight is 331 g/mol. The summed E-state index contributed by atoms with van der Waals surface area (Å²) in [7, 11) is 0. The molecular weight excluding hydrogens is 309 g/mol. The molecule has 1 aromatic rings. The number of nitrogens with one attached hydrogen (secondary N) is 2. The van der Waals surface area contributed by atoms with Crippen LogP contribution in [0.4, 0.5) is 14.9 Å². The van der Waals surface area contributed by atoms with Crippen LogP contribution in [0.5, 0.6) is 0 Å². The van der Waals surface area contributed by atoms with Gasteiger partial charge in [-0.1, -0.05) is 6.92 Å². The van der Waals surface area contributed by atoms with Crippen LogP contribution in [0.1, 0.15) is 51.2 Å². The second kappa shape index (κ2) is 5.61. The smallest absolute Gasteiger partial charge is 0.326 e. The number of benzene rings is 1. The Bertz CT molecular complexity index is 755. The molecular formula is C18H22FN3O2. The molecule has 1 atom stereocenters. The first-order valence-electron chi connectivity index (χ1n) is 8.18. The second-order valence-electron chi connectivity index (χ2n) is 7.06. The average Bonchev–Trinajstić information content (AvgIpc) is 2.78. The van der Waals surface area contributed by atoms with E-state index in [9.17, 15) is 14.0 Å². The van der Waals surface area contributed by atoms with Gasteiger partial charge >= 0.3 is 6.03 Å². The van der Waals surface area contributed by atoms with E-state index < -0.39 is 17.8 Å². The van der Waals surface area contributed by atoms with E-state index >= 15 is 0 Å². The van der Waals surface area contributed by atoms with Crippen molar-refractivity contribution in [1.29, 1.82) is 0 Å². The van der Waals surface area contributed by atoms with Crippen molar-refractivity contribution in [3.05, 3.63) is 34.8 Å². The zero-order chi connectivity index (χ0) is 17.6. The molecule has 128 valence electrons. The van der Waals surface area contributed by atoms with Crippen molar-refractivity contribution in [2.24, 2.45) is 0 Å². The summed E-state index contributed by atoms with van der Waals surface area (Å²) in [4.78, 5) is 25.1. The van der Waals surface area contributed by atoms with Gasteiger partial charge in [0.05, 0.1) is 0 Å². The summed E-state index contributed by atoms with van der Waals surface area (Å²) in [6.45, 7) is 9.33. The summed E-state index contributed by atoms with van der Waals surface area (Å²) < 4.78 is 14.6. The van der Waals surface area contributed by atoms with Crippen LogP contribution in [-0.4, -0.2) is 24.0 Å². The first-order chi connectivity index (χ1) is 11.2. The third-order valence-corrected chi connectivity index (χ3v) is 4.84. The monoisotopic (exact) mass is 331 g/mol. The predicted octanol–water partition coefficient (Wildman–Crippen LogP) is 3.12. The number of hydrogen-bond donors (Lipinski definition) is 2. The summed E-state index contributed by atoms with van der Waals surface area (Å²) in [5.41, 5.74) is 2.31. The maximum Gasteiger partial charge on any atom is 0.326 e. The minimum Gasteiger partial charge on any atom is -0.366 e. The van der Waals surface area contributed by atoms with E-state index in [-0.39, 0.29) is 17.2 Å². The van der Waals surface area contributed by atoms with Gasteiger partial charge in [0.1, 0.15) is 11.5 Å². The minimum atomic E-state index is -0.586. The molecule has 0 spiro atoms. The SMILES string of the molecule is CCN1c2cc(F)c(/C=C3\NC(=O)NC3=O)cc2C(C)CC1(C)C. The largest absolute Gasteiger partial charge is 0.366 e. The lowest BCUT2D eigenvalue weighted by atomic mass is 9.79. The van der Waals surface area contributed by atoms with Crippen molar-refractivity contribution < 1.29 is 14.0 Å². The number of fused-ring (bicyclic) bond motifs is 1. The summed E-state index contributed by atoms with van der Waals surface area (Å²) in [6, 6.07) is 2.74. The lowest BCUT2D eigenvalue weighted by Crippen LogP contribution is -2.48. The number of rotatable bonds is 2. The molecule has 0 aliphatic carbocycles. The van der Waals surface area contributed by atoms with Gasteiger partial charge < -0.3 is 10.2 Å². The van der Waals surface area contributed by atoms with Crippen LogP contribution < -0.4 is 15.5 Å². The summed E-state index contributed by atoms with van der Waals surface area (Å²) in [5, 5.41) is 4.50. The number of amides is 3. The zero-order valence-corrected chi connectivity index (χ0v) is 14.4. The van der Waals surface area contributed by atoms with E-state index in [0.717, 1.165) is 24.2 Å². The fourth-order valence-electron chi connectivity index (χ4n) is 3.87. The number of halogens is 1. The molecule has 2 N–H and O–H groups in total. The highest BCUT2D eigenvalue weighted by atomic mass is 19.1. The Hall–Kier alpha value is -2.37. The second-order valence-corrected chi connectivity index (χ2v) is 7.06. The molecule has 2 heterocycles. The number of anilines is 1. The number of carbonyl (C=O) groups is 2. The molecule has 0 bridgehead atoms. The van der Waals surface area contributed by atoms with Gasteiger partial charge in [0.2, 0.25) is 0 Å². The molecule has 24 heavy (non-hydrogen) atoms. The molecule has 1 aromatic carbocycles. The van der Waals surface area contributed by atoms with Gasteiger partial charge in [-0.2, -0.15) is 0 Å². The number of hydrogen-bond acceptors (Lipinski definition) is 3. The van der Waals surface area contributed by atoms with Crippen LogP contribution in [0, 0.1) is 5.82 Å². The first-order valence-corrected chi connectivity index (χ1v) is 8.18. The molecule has 2 aliphatic heterocycles. The van der Waals surface area contributed by atoms with E-state index in [4.69, 9.17) is 0 Å². The highest BCUT2D eigenvalue weighted by molar-refractivity contribution is 6.14. The lowest BCUT2D eigenvalue weighted by Gasteiger charge is -2.47. The van der Waals surface area contributed by atoms with Crippen molar-refractivity contribution in [1.82, 2.24) is 10.6 Å². The predicted molar refractivity (Wildman–Crippen MR) is 91.2 cm³/mol. The van der Waals surface area contributed by atoms with Gasteiger partial charge in [-0.05, 0) is 56.9 Å². The van der Waals surface area contributed by atoms with Gasteiger partial charge in [0.25, 0.3) is 5.91 Å². The van der Waals surface area contributed by atoms with Crippen LogP contribution in [-0.2, 0) is 4.79 Å². The van der Waals surface area contributed by atoms with Gasteiger partial charge in [-0.15, -0.1) is 0 Å². The third kappa shape index (κ3) is 2.66. The van der Waals surface area contributed by atoms with Crippen molar-refractivity contribution >= 4 is 23.7 Å². The molecule has 1 unspecified atom stereocenters. The zero-order valence-electron chi connectivity index (χ0n) is 14.4. The van der Waals surface area contributed by atoms with Crippen LogP contribution >= 0.6 is 0 Å². The molecule has 3 rings (SSSR count). The molecule has 0 aromatic heterocycles. The Balaban J connectivity index is 2.08. The summed E-state index contributed by atoms with van der Waals surface area (Å²) in [6.07, 6.45) is 2.35. The van der Waals surface area contributed by atoms with E-state index in [1.807, 2.05) is 0 Å². The topological polar surface area (TPSA) is 61.4 Å². The van der Waals surface area contributed by atoms with Gasteiger partial charge in [0, 0.05) is 23.3 Å². The number of nitrogens with zero attached hydrogens (tertiary/aromatic N) is 1. The van der Waals surface area contributed by atoms with Crippen molar-refractivity contribution in [2.75, 3.05) is 11.4 Å². The fourth-order valence-corrected chi connectivity index (χ4v) is 3.87. The molecule has 1 fully saturated rings. The van der Waals surface area contributed by atoms with E-state index in [0.29, 0.717) is 5.56 Å². The molecule has 6 heteroatoms. The third-order valence-electron chi connectivity index (χ3n) is 4.84.